The minimum atomic E-state index is -4.21. The van der Waals surface area contributed by atoms with Crippen molar-refractivity contribution < 1.29 is 33.3 Å². The molecular weight excluding hydrogens is 307 g/mol. The van der Waals surface area contributed by atoms with E-state index in [0.29, 0.717) is 13.2 Å². The maximum Gasteiger partial charge on any atom is 0.330 e. The number of methoxy groups -OCH3 is 2. The summed E-state index contributed by atoms with van der Waals surface area (Å²) in [5.41, 5.74) is 0. The van der Waals surface area contributed by atoms with Gasteiger partial charge in [-0.15, -0.1) is 0 Å². The fourth-order valence-corrected chi connectivity index (χ4v) is 3.41. The number of hydrogen-bond donors (Lipinski definition) is 2. The first-order valence-corrected chi connectivity index (χ1v) is 8.37. The molecule has 2 N–H and O–H groups in total. The molecule has 0 radical (unpaired) electrons. The van der Waals surface area contributed by atoms with Crippen LogP contribution in [0.1, 0.15) is 6.92 Å². The van der Waals surface area contributed by atoms with Crippen LogP contribution in [-0.4, -0.2) is 72.7 Å². The Morgan fingerprint density at radius 2 is 1.95 bits per heavy atom. The van der Waals surface area contributed by atoms with Gasteiger partial charge in [0.15, 0.2) is 0 Å². The molecule has 0 bridgehead atoms. The van der Waals surface area contributed by atoms with Gasteiger partial charge in [-0.25, -0.2) is 0 Å². The zero-order valence-electron chi connectivity index (χ0n) is 11.7. The lowest BCUT2D eigenvalue weighted by Crippen LogP contribution is -2.40. The number of thiocarbonyl (C=S) groups is 1. The number of rotatable bonds is 8. The third kappa shape index (κ3) is 5.13. The van der Waals surface area contributed by atoms with Gasteiger partial charge in [-0.2, -0.15) is 0 Å². The zero-order chi connectivity index (χ0) is 15.3. The Balaban J connectivity index is 2.69. The Morgan fingerprint density at radius 1 is 1.30 bits per heavy atom. The molecule has 0 aromatic heterocycles. The fourth-order valence-electron chi connectivity index (χ4n) is 2.13. The Labute approximate surface area is 123 Å². The summed E-state index contributed by atoms with van der Waals surface area (Å²) in [6.07, 6.45) is -2.28. The largest absolute Gasteiger partial charge is 0.382 e. The Kier molecular flexibility index (Phi) is 7.17. The van der Waals surface area contributed by atoms with Crippen LogP contribution in [0.5, 0.6) is 0 Å². The van der Waals surface area contributed by atoms with Gasteiger partial charge in [0.2, 0.25) is 0 Å². The smallest absolute Gasteiger partial charge is 0.330 e. The van der Waals surface area contributed by atoms with Crippen molar-refractivity contribution in [3.63, 3.8) is 0 Å². The normalized spacial score (nSPS) is 30.6. The number of ether oxygens (including phenoxy) is 4. The van der Waals surface area contributed by atoms with Crippen LogP contribution in [-0.2, 0) is 23.5 Å². The van der Waals surface area contributed by atoms with Crippen molar-refractivity contribution in [2.24, 2.45) is 0 Å². The van der Waals surface area contributed by atoms with Gasteiger partial charge in [0.1, 0.15) is 18.3 Å². The molecule has 20 heavy (non-hydrogen) atoms. The zero-order valence-corrected chi connectivity index (χ0v) is 13.4. The molecule has 0 aliphatic carbocycles. The Bertz CT molecular complexity index is 372. The van der Waals surface area contributed by atoms with Crippen molar-refractivity contribution in [1.82, 2.24) is 0 Å². The van der Waals surface area contributed by atoms with E-state index >= 15 is 0 Å². The molecular formula is C11H21O7PS. The molecule has 1 rings (SSSR count). The molecule has 1 heterocycles. The third-order valence-electron chi connectivity index (χ3n) is 3.00. The average Bonchev–Trinajstić information content (AvgIpc) is 2.64. The van der Waals surface area contributed by atoms with E-state index < -0.39 is 26.0 Å². The molecule has 0 unspecified atom stereocenters. The second-order valence-electron chi connectivity index (χ2n) is 4.58. The first-order chi connectivity index (χ1) is 9.30. The maximum absolute atomic E-state index is 11.0. The summed E-state index contributed by atoms with van der Waals surface area (Å²) in [5, 5.41) is 0. The van der Waals surface area contributed by atoms with Crippen LogP contribution in [0.15, 0.2) is 0 Å². The molecule has 7 nitrogen and oxygen atoms in total. The highest BCUT2D eigenvalue weighted by Crippen LogP contribution is 2.37. The molecule has 1 aliphatic rings. The summed E-state index contributed by atoms with van der Waals surface area (Å²) in [6, 6.07) is 0. The Morgan fingerprint density at radius 3 is 2.45 bits per heavy atom. The summed E-state index contributed by atoms with van der Waals surface area (Å²) in [6.45, 7) is 2.63. The molecule has 0 aromatic rings. The van der Waals surface area contributed by atoms with E-state index in [2.05, 4.69) is 0 Å². The lowest BCUT2D eigenvalue weighted by molar-refractivity contribution is -0.0585. The van der Waals surface area contributed by atoms with E-state index in [1.54, 1.807) is 7.11 Å². The first kappa shape index (κ1) is 18.1. The molecule has 0 aromatic carbocycles. The second-order valence-corrected chi connectivity index (χ2v) is 6.75. The highest BCUT2D eigenvalue weighted by Gasteiger charge is 2.46. The molecule has 1 aliphatic heterocycles. The standard InChI is InChI=1S/C11H21O7PS/c1-7-9(17-5-4-15-2)11(16-3)10(18-7)8(20)6-19(12,13)14/h7,9-11H,4-6H2,1-3H3,(H2,12,13,14)/t7-,9-,10+,11-/m0/s1. The van der Waals surface area contributed by atoms with Gasteiger partial charge in [0.05, 0.1) is 25.5 Å². The van der Waals surface area contributed by atoms with Gasteiger partial charge in [-0.1, -0.05) is 12.2 Å². The van der Waals surface area contributed by atoms with E-state index in [1.165, 1.54) is 7.11 Å². The van der Waals surface area contributed by atoms with E-state index in [4.69, 9.17) is 41.0 Å². The van der Waals surface area contributed by atoms with Crippen molar-refractivity contribution in [3.8, 4) is 0 Å². The van der Waals surface area contributed by atoms with Crippen LogP contribution in [0, 0.1) is 0 Å². The molecule has 0 amide bonds. The molecule has 4 atom stereocenters. The molecule has 1 saturated heterocycles. The van der Waals surface area contributed by atoms with Crippen molar-refractivity contribution in [1.29, 1.82) is 0 Å². The van der Waals surface area contributed by atoms with E-state index in [9.17, 15) is 4.57 Å². The van der Waals surface area contributed by atoms with Gasteiger partial charge in [0.25, 0.3) is 0 Å². The van der Waals surface area contributed by atoms with Crippen molar-refractivity contribution in [2.45, 2.75) is 31.3 Å². The molecule has 0 saturated carbocycles. The maximum atomic E-state index is 11.0. The fraction of sp³-hybridized carbons (Fsp3) is 0.909. The van der Waals surface area contributed by atoms with Crippen LogP contribution < -0.4 is 0 Å². The predicted octanol–water partition coefficient (Wildman–Crippen LogP) is 0.368. The van der Waals surface area contributed by atoms with Gasteiger partial charge >= 0.3 is 7.60 Å². The van der Waals surface area contributed by atoms with Crippen LogP contribution in [0.3, 0.4) is 0 Å². The topological polar surface area (TPSA) is 94.5 Å². The minimum Gasteiger partial charge on any atom is -0.382 e. The monoisotopic (exact) mass is 328 g/mol. The molecule has 118 valence electrons. The highest BCUT2D eigenvalue weighted by molar-refractivity contribution is 7.81. The highest BCUT2D eigenvalue weighted by atomic mass is 32.1. The van der Waals surface area contributed by atoms with E-state index in [-0.39, 0.29) is 17.1 Å². The summed E-state index contributed by atoms with van der Waals surface area (Å²) in [5.74, 6) is 0. The number of hydrogen-bond acceptors (Lipinski definition) is 6. The van der Waals surface area contributed by atoms with Gasteiger partial charge < -0.3 is 28.7 Å². The predicted molar refractivity (Wildman–Crippen MR) is 76.3 cm³/mol. The molecule has 9 heteroatoms. The second kappa shape index (κ2) is 7.91. The quantitative estimate of drug-likeness (QED) is 0.375. The van der Waals surface area contributed by atoms with Gasteiger partial charge in [-0.3, -0.25) is 4.57 Å². The van der Waals surface area contributed by atoms with E-state index in [0.717, 1.165) is 0 Å². The van der Waals surface area contributed by atoms with Gasteiger partial charge in [0, 0.05) is 19.1 Å². The lowest BCUT2D eigenvalue weighted by Gasteiger charge is -2.23. The van der Waals surface area contributed by atoms with Crippen LogP contribution in [0.25, 0.3) is 0 Å². The summed E-state index contributed by atoms with van der Waals surface area (Å²) in [4.78, 5) is 18.1. The van der Waals surface area contributed by atoms with Gasteiger partial charge in [-0.05, 0) is 6.92 Å². The summed E-state index contributed by atoms with van der Waals surface area (Å²) >= 11 is 5.07. The van der Waals surface area contributed by atoms with Crippen LogP contribution >= 0.6 is 19.8 Å². The summed E-state index contributed by atoms with van der Waals surface area (Å²) in [7, 11) is -1.15. The van der Waals surface area contributed by atoms with Crippen molar-refractivity contribution in [2.75, 3.05) is 33.6 Å². The van der Waals surface area contributed by atoms with Crippen LogP contribution in [0.2, 0.25) is 0 Å². The molecule has 1 fully saturated rings. The first-order valence-electron chi connectivity index (χ1n) is 6.16. The Hall–Kier alpha value is 0.0800. The SMILES string of the molecule is COCCO[C@@H]1[C@H](OC)[C@@H](C(=S)CP(=O)(O)O)O[C@H]1C. The average molecular weight is 328 g/mol. The van der Waals surface area contributed by atoms with Crippen molar-refractivity contribution >= 4 is 24.7 Å². The van der Waals surface area contributed by atoms with Crippen molar-refractivity contribution in [3.05, 3.63) is 0 Å². The summed E-state index contributed by atoms with van der Waals surface area (Å²) < 4.78 is 32.6. The lowest BCUT2D eigenvalue weighted by atomic mass is 10.1. The van der Waals surface area contributed by atoms with E-state index in [1.807, 2.05) is 6.92 Å². The molecule has 0 spiro atoms. The third-order valence-corrected chi connectivity index (χ3v) is 4.34. The minimum absolute atomic E-state index is 0.148. The van der Waals surface area contributed by atoms with Crippen LogP contribution in [0.4, 0.5) is 0 Å².